The van der Waals surface area contributed by atoms with E-state index >= 15 is 0 Å². The molecule has 0 saturated carbocycles. The minimum atomic E-state index is -0.0540. The molecular weight excluding hydrogens is 302 g/mol. The molecule has 1 aromatic rings. The number of aryl methyl sites for hydroxylation is 1. The summed E-state index contributed by atoms with van der Waals surface area (Å²) >= 11 is 0. The highest BCUT2D eigenvalue weighted by Gasteiger charge is 2.26. The summed E-state index contributed by atoms with van der Waals surface area (Å²) in [5, 5.41) is 3.07. The van der Waals surface area contributed by atoms with Crippen LogP contribution in [-0.2, 0) is 11.2 Å². The van der Waals surface area contributed by atoms with Gasteiger partial charge in [-0.25, -0.2) is 4.79 Å². The molecule has 2 rings (SSSR count). The molecule has 1 heterocycles. The third-order valence-electron chi connectivity index (χ3n) is 4.89. The number of likely N-dealkylation sites (N-methyl/N-ethyl adjacent to an activating group) is 2. The van der Waals surface area contributed by atoms with Gasteiger partial charge in [-0.15, -0.1) is 0 Å². The van der Waals surface area contributed by atoms with Gasteiger partial charge in [0.1, 0.15) is 0 Å². The lowest BCUT2D eigenvalue weighted by Gasteiger charge is -2.33. The van der Waals surface area contributed by atoms with Gasteiger partial charge in [0, 0.05) is 39.1 Å². The van der Waals surface area contributed by atoms with E-state index in [-0.39, 0.29) is 24.0 Å². The fourth-order valence-corrected chi connectivity index (χ4v) is 3.12. The molecule has 24 heavy (non-hydrogen) atoms. The van der Waals surface area contributed by atoms with Gasteiger partial charge in [0.25, 0.3) is 0 Å². The maximum atomic E-state index is 12.6. The number of carbonyl (C=O) groups is 2. The Morgan fingerprint density at radius 1 is 1.38 bits per heavy atom. The van der Waals surface area contributed by atoms with Crippen LogP contribution in [0.2, 0.25) is 0 Å². The number of rotatable bonds is 5. The summed E-state index contributed by atoms with van der Waals surface area (Å²) in [7, 11) is 3.64. The van der Waals surface area contributed by atoms with Crippen molar-refractivity contribution in [3.05, 3.63) is 35.4 Å². The van der Waals surface area contributed by atoms with Crippen molar-refractivity contribution in [1.82, 2.24) is 15.1 Å². The molecule has 2 atom stereocenters. The van der Waals surface area contributed by atoms with Gasteiger partial charge < -0.3 is 15.1 Å². The number of benzene rings is 1. The van der Waals surface area contributed by atoms with Gasteiger partial charge in [0.05, 0.1) is 0 Å². The Hall–Kier alpha value is -2.04. The molecule has 5 nitrogen and oxygen atoms in total. The van der Waals surface area contributed by atoms with Crippen molar-refractivity contribution in [2.24, 2.45) is 0 Å². The summed E-state index contributed by atoms with van der Waals surface area (Å²) in [6, 6.07) is 8.63. The van der Waals surface area contributed by atoms with Crippen molar-refractivity contribution in [1.29, 1.82) is 0 Å². The molecule has 1 fully saturated rings. The van der Waals surface area contributed by atoms with E-state index in [1.165, 1.54) is 11.1 Å². The van der Waals surface area contributed by atoms with E-state index in [1.54, 1.807) is 16.8 Å². The number of amides is 3. The molecule has 1 N–H and O–H groups in total. The lowest BCUT2D eigenvalue weighted by Crippen LogP contribution is -2.53. The van der Waals surface area contributed by atoms with Crippen molar-refractivity contribution in [3.8, 4) is 0 Å². The molecule has 1 aromatic carbocycles. The van der Waals surface area contributed by atoms with Crippen LogP contribution in [0.3, 0.4) is 0 Å². The Kier molecular flexibility index (Phi) is 6.23. The number of carbonyl (C=O) groups excluding carboxylic acids is 2. The molecule has 0 radical (unpaired) electrons. The monoisotopic (exact) mass is 331 g/mol. The third kappa shape index (κ3) is 4.73. The van der Waals surface area contributed by atoms with Crippen LogP contribution in [0.15, 0.2) is 24.3 Å². The van der Waals surface area contributed by atoms with Crippen LogP contribution in [0, 0.1) is 6.92 Å². The average molecular weight is 331 g/mol. The van der Waals surface area contributed by atoms with Crippen LogP contribution < -0.4 is 5.32 Å². The standard InChI is InChI=1S/C19H29N3O2/c1-5-17(12-15-8-6-14(2)7-9-15)22(4)19(24)20-16-10-11-18(23)21(3)13-16/h6-9,16-17H,5,10-13H2,1-4H3,(H,20,24)/t16-,17+/m1/s1. The molecule has 1 aliphatic heterocycles. The van der Waals surface area contributed by atoms with Gasteiger partial charge >= 0.3 is 6.03 Å². The van der Waals surface area contributed by atoms with Crippen LogP contribution in [0.1, 0.15) is 37.3 Å². The van der Waals surface area contributed by atoms with E-state index in [2.05, 4.69) is 43.4 Å². The smallest absolute Gasteiger partial charge is 0.317 e. The van der Waals surface area contributed by atoms with Crippen molar-refractivity contribution < 1.29 is 9.59 Å². The van der Waals surface area contributed by atoms with E-state index in [0.29, 0.717) is 13.0 Å². The Morgan fingerprint density at radius 2 is 2.04 bits per heavy atom. The molecular formula is C19H29N3O2. The number of piperidine rings is 1. The highest BCUT2D eigenvalue weighted by atomic mass is 16.2. The molecule has 0 spiro atoms. The van der Waals surface area contributed by atoms with Gasteiger partial charge in [-0.2, -0.15) is 0 Å². The SMILES string of the molecule is CC[C@@H](Cc1ccc(C)cc1)N(C)C(=O)N[C@@H]1CCC(=O)N(C)C1. The molecule has 0 unspecified atom stereocenters. The normalized spacial score (nSPS) is 19.1. The highest BCUT2D eigenvalue weighted by molar-refractivity contribution is 5.78. The predicted octanol–water partition coefficient (Wildman–Crippen LogP) is 2.58. The molecule has 132 valence electrons. The van der Waals surface area contributed by atoms with Crippen LogP contribution in [0.5, 0.6) is 0 Å². The molecule has 1 aliphatic rings. The minimum absolute atomic E-state index is 0.0412. The third-order valence-corrected chi connectivity index (χ3v) is 4.89. The molecule has 5 heteroatoms. The zero-order valence-corrected chi connectivity index (χ0v) is 15.2. The first-order valence-corrected chi connectivity index (χ1v) is 8.73. The number of hydrogen-bond acceptors (Lipinski definition) is 2. The fraction of sp³-hybridized carbons (Fsp3) is 0.579. The number of urea groups is 1. The zero-order valence-electron chi connectivity index (χ0n) is 15.2. The minimum Gasteiger partial charge on any atom is -0.344 e. The Labute approximate surface area is 145 Å². The first kappa shape index (κ1) is 18.3. The van der Waals surface area contributed by atoms with Gasteiger partial charge in [-0.3, -0.25) is 4.79 Å². The zero-order chi connectivity index (χ0) is 17.7. The summed E-state index contributed by atoms with van der Waals surface area (Å²) in [5.41, 5.74) is 2.49. The lowest BCUT2D eigenvalue weighted by atomic mass is 10.0. The lowest BCUT2D eigenvalue weighted by molar-refractivity contribution is -0.132. The van der Waals surface area contributed by atoms with E-state index in [1.807, 2.05) is 7.05 Å². The second kappa shape index (κ2) is 8.18. The largest absolute Gasteiger partial charge is 0.344 e. The van der Waals surface area contributed by atoms with Crippen molar-refractivity contribution in [2.45, 2.75) is 51.6 Å². The van der Waals surface area contributed by atoms with Crippen LogP contribution in [0.4, 0.5) is 4.79 Å². The predicted molar refractivity (Wildman–Crippen MR) is 95.9 cm³/mol. The van der Waals surface area contributed by atoms with E-state index in [0.717, 1.165) is 19.3 Å². The molecule has 1 saturated heterocycles. The maximum Gasteiger partial charge on any atom is 0.317 e. The summed E-state index contributed by atoms with van der Waals surface area (Å²) in [4.78, 5) is 27.6. The van der Waals surface area contributed by atoms with Crippen LogP contribution in [0.25, 0.3) is 0 Å². The fourth-order valence-electron chi connectivity index (χ4n) is 3.12. The average Bonchev–Trinajstić information content (AvgIpc) is 2.57. The number of nitrogens with zero attached hydrogens (tertiary/aromatic N) is 2. The molecule has 3 amide bonds. The van der Waals surface area contributed by atoms with Crippen molar-refractivity contribution in [3.63, 3.8) is 0 Å². The van der Waals surface area contributed by atoms with Crippen molar-refractivity contribution >= 4 is 11.9 Å². The van der Waals surface area contributed by atoms with Gasteiger partial charge in [-0.1, -0.05) is 36.8 Å². The van der Waals surface area contributed by atoms with Gasteiger partial charge in [0.2, 0.25) is 5.91 Å². The van der Waals surface area contributed by atoms with Crippen molar-refractivity contribution in [2.75, 3.05) is 20.6 Å². The topological polar surface area (TPSA) is 52.7 Å². The van der Waals surface area contributed by atoms with Crippen LogP contribution >= 0.6 is 0 Å². The second-order valence-electron chi connectivity index (χ2n) is 6.82. The quantitative estimate of drug-likeness (QED) is 0.901. The Bertz CT molecular complexity index is 570. The summed E-state index contributed by atoms with van der Waals surface area (Å²) < 4.78 is 0. The van der Waals surface area contributed by atoms with Gasteiger partial charge in [-0.05, 0) is 31.7 Å². The molecule has 0 aromatic heterocycles. The van der Waals surface area contributed by atoms with Gasteiger partial charge in [0.15, 0.2) is 0 Å². The highest BCUT2D eigenvalue weighted by Crippen LogP contribution is 2.14. The second-order valence-corrected chi connectivity index (χ2v) is 6.82. The Balaban J connectivity index is 1.92. The first-order chi connectivity index (χ1) is 11.4. The number of likely N-dealkylation sites (tertiary alicyclic amines) is 1. The van der Waals surface area contributed by atoms with E-state index in [4.69, 9.17) is 0 Å². The Morgan fingerprint density at radius 3 is 2.62 bits per heavy atom. The maximum absolute atomic E-state index is 12.6. The molecule has 0 bridgehead atoms. The summed E-state index contributed by atoms with van der Waals surface area (Å²) in [6.07, 6.45) is 2.98. The molecule has 0 aliphatic carbocycles. The number of hydrogen-bond donors (Lipinski definition) is 1. The number of nitrogens with one attached hydrogen (secondary N) is 1. The first-order valence-electron chi connectivity index (χ1n) is 8.73. The summed E-state index contributed by atoms with van der Waals surface area (Å²) in [6.45, 7) is 4.77. The van der Waals surface area contributed by atoms with E-state index in [9.17, 15) is 9.59 Å². The van der Waals surface area contributed by atoms with E-state index < -0.39 is 0 Å². The van der Waals surface area contributed by atoms with Crippen LogP contribution in [-0.4, -0.2) is 54.5 Å². The summed E-state index contributed by atoms with van der Waals surface area (Å²) in [5.74, 6) is 0.152.